The van der Waals surface area contributed by atoms with E-state index in [-0.39, 0.29) is 12.6 Å². The molecule has 0 aromatic carbocycles. The summed E-state index contributed by atoms with van der Waals surface area (Å²) in [7, 11) is 0. The van der Waals surface area contributed by atoms with Crippen LogP contribution in [0.3, 0.4) is 0 Å². The van der Waals surface area contributed by atoms with Gasteiger partial charge in [0.1, 0.15) is 5.82 Å². The summed E-state index contributed by atoms with van der Waals surface area (Å²) in [6, 6.07) is 0.157. The lowest BCUT2D eigenvalue weighted by Crippen LogP contribution is -2.37. The molecule has 4 heteroatoms. The lowest BCUT2D eigenvalue weighted by molar-refractivity contribution is 0.200. The largest absolute Gasteiger partial charge is 0.395 e. The van der Waals surface area contributed by atoms with Crippen LogP contribution < -0.4 is 5.32 Å². The highest BCUT2D eigenvalue weighted by atomic mass is 16.3. The minimum Gasteiger partial charge on any atom is -0.395 e. The van der Waals surface area contributed by atoms with Gasteiger partial charge in [0.25, 0.3) is 0 Å². The molecule has 0 fully saturated rings. The van der Waals surface area contributed by atoms with Crippen molar-refractivity contribution in [2.75, 3.05) is 6.61 Å². The Morgan fingerprint density at radius 2 is 2.43 bits per heavy atom. The first kappa shape index (κ1) is 11.2. The molecule has 1 rings (SSSR count). The van der Waals surface area contributed by atoms with Crippen molar-refractivity contribution in [3.05, 3.63) is 18.2 Å². The van der Waals surface area contributed by atoms with E-state index in [1.807, 2.05) is 0 Å². The van der Waals surface area contributed by atoms with Crippen LogP contribution in [-0.4, -0.2) is 27.7 Å². The first-order valence-corrected chi connectivity index (χ1v) is 5.10. The van der Waals surface area contributed by atoms with E-state index >= 15 is 0 Å². The summed E-state index contributed by atoms with van der Waals surface area (Å²) in [5.74, 6) is 1.39. The lowest BCUT2D eigenvalue weighted by Gasteiger charge is -2.21. The number of nitrogens with one attached hydrogen (secondary N) is 2. The average molecular weight is 197 g/mol. The van der Waals surface area contributed by atoms with Crippen molar-refractivity contribution >= 4 is 0 Å². The Hall–Kier alpha value is -0.870. The van der Waals surface area contributed by atoms with Crippen LogP contribution in [0.4, 0.5) is 0 Å². The van der Waals surface area contributed by atoms with Gasteiger partial charge in [-0.25, -0.2) is 4.98 Å². The zero-order chi connectivity index (χ0) is 10.4. The molecule has 2 atom stereocenters. The zero-order valence-corrected chi connectivity index (χ0v) is 8.83. The zero-order valence-electron chi connectivity index (χ0n) is 8.83. The van der Waals surface area contributed by atoms with Gasteiger partial charge in [-0.2, -0.15) is 0 Å². The predicted octanol–water partition coefficient (Wildman–Crippen LogP) is 0.906. The van der Waals surface area contributed by atoms with Crippen LogP contribution in [-0.2, 0) is 6.54 Å². The second-order valence-corrected chi connectivity index (χ2v) is 3.59. The summed E-state index contributed by atoms with van der Waals surface area (Å²) in [6.45, 7) is 5.12. The van der Waals surface area contributed by atoms with Gasteiger partial charge < -0.3 is 15.4 Å². The fourth-order valence-corrected chi connectivity index (χ4v) is 1.35. The van der Waals surface area contributed by atoms with Gasteiger partial charge in [0.2, 0.25) is 0 Å². The summed E-state index contributed by atoms with van der Waals surface area (Å²) < 4.78 is 0. The van der Waals surface area contributed by atoms with Crippen molar-refractivity contribution in [3.63, 3.8) is 0 Å². The maximum absolute atomic E-state index is 9.16. The molecule has 0 saturated heterocycles. The van der Waals surface area contributed by atoms with Gasteiger partial charge in [-0.1, -0.05) is 20.3 Å². The van der Waals surface area contributed by atoms with Crippen molar-refractivity contribution in [1.82, 2.24) is 15.3 Å². The molecule has 80 valence electrons. The third-order valence-corrected chi connectivity index (χ3v) is 2.61. The van der Waals surface area contributed by atoms with Crippen LogP contribution in [0, 0.1) is 5.92 Å². The second kappa shape index (κ2) is 5.78. The Bertz CT molecular complexity index is 236. The van der Waals surface area contributed by atoms with Crippen LogP contribution in [0.5, 0.6) is 0 Å². The van der Waals surface area contributed by atoms with Crippen LogP contribution in [0.1, 0.15) is 26.1 Å². The Kier molecular flexibility index (Phi) is 4.62. The number of nitrogens with zero attached hydrogens (tertiary/aromatic N) is 1. The molecule has 0 bridgehead atoms. The van der Waals surface area contributed by atoms with E-state index in [9.17, 15) is 0 Å². The van der Waals surface area contributed by atoms with Crippen molar-refractivity contribution in [2.24, 2.45) is 5.92 Å². The van der Waals surface area contributed by atoms with Crippen molar-refractivity contribution in [1.29, 1.82) is 0 Å². The Balaban J connectivity index is 2.34. The molecule has 0 aliphatic rings. The van der Waals surface area contributed by atoms with Gasteiger partial charge in [0.15, 0.2) is 0 Å². The molecule has 0 aliphatic carbocycles. The number of aliphatic hydroxyl groups is 1. The highest BCUT2D eigenvalue weighted by molar-refractivity contribution is 4.87. The number of hydrogen-bond donors (Lipinski definition) is 3. The van der Waals surface area contributed by atoms with Crippen molar-refractivity contribution in [3.8, 4) is 0 Å². The predicted molar refractivity (Wildman–Crippen MR) is 55.8 cm³/mol. The van der Waals surface area contributed by atoms with E-state index in [0.717, 1.165) is 12.2 Å². The number of rotatable bonds is 6. The maximum atomic E-state index is 9.16. The molecular formula is C10H19N3O. The molecule has 0 saturated carbocycles. The van der Waals surface area contributed by atoms with Crippen molar-refractivity contribution in [2.45, 2.75) is 32.9 Å². The normalized spacial score (nSPS) is 15.4. The molecule has 3 N–H and O–H groups in total. The van der Waals surface area contributed by atoms with Gasteiger partial charge in [0, 0.05) is 18.4 Å². The molecule has 1 aromatic heterocycles. The average Bonchev–Trinajstić information content (AvgIpc) is 2.71. The third-order valence-electron chi connectivity index (χ3n) is 2.61. The highest BCUT2D eigenvalue weighted by Gasteiger charge is 2.13. The van der Waals surface area contributed by atoms with Gasteiger partial charge >= 0.3 is 0 Å². The molecule has 1 heterocycles. The number of hydrogen-bond acceptors (Lipinski definition) is 3. The molecular weight excluding hydrogens is 178 g/mol. The molecule has 4 nitrogen and oxygen atoms in total. The first-order valence-electron chi connectivity index (χ1n) is 5.10. The third kappa shape index (κ3) is 3.12. The summed E-state index contributed by atoms with van der Waals surface area (Å²) >= 11 is 0. The maximum Gasteiger partial charge on any atom is 0.120 e. The summed E-state index contributed by atoms with van der Waals surface area (Å²) in [4.78, 5) is 7.13. The summed E-state index contributed by atoms with van der Waals surface area (Å²) in [6.07, 6.45) is 4.60. The quantitative estimate of drug-likeness (QED) is 0.635. The molecule has 0 radical (unpaired) electrons. The van der Waals surface area contributed by atoms with Gasteiger partial charge in [-0.15, -0.1) is 0 Å². The fourth-order valence-electron chi connectivity index (χ4n) is 1.35. The van der Waals surface area contributed by atoms with Crippen LogP contribution >= 0.6 is 0 Å². The Labute approximate surface area is 84.8 Å². The van der Waals surface area contributed by atoms with E-state index in [1.165, 1.54) is 0 Å². The smallest absolute Gasteiger partial charge is 0.120 e. The van der Waals surface area contributed by atoms with Crippen LogP contribution in [0.15, 0.2) is 12.4 Å². The SMILES string of the molecule is CCC(C)C(CO)NCc1ncc[nH]1. The molecule has 1 aromatic rings. The van der Waals surface area contributed by atoms with E-state index in [4.69, 9.17) is 5.11 Å². The van der Waals surface area contributed by atoms with Gasteiger partial charge in [0.05, 0.1) is 13.2 Å². The first-order chi connectivity index (χ1) is 6.77. The van der Waals surface area contributed by atoms with Crippen molar-refractivity contribution < 1.29 is 5.11 Å². The van der Waals surface area contributed by atoms with E-state index in [2.05, 4.69) is 29.1 Å². The van der Waals surface area contributed by atoms with Gasteiger partial charge in [-0.3, -0.25) is 0 Å². The minimum atomic E-state index is 0.157. The molecule has 0 spiro atoms. The summed E-state index contributed by atoms with van der Waals surface area (Å²) in [5.41, 5.74) is 0. The summed E-state index contributed by atoms with van der Waals surface area (Å²) in [5, 5.41) is 12.4. The monoisotopic (exact) mass is 197 g/mol. The molecule has 0 aliphatic heterocycles. The minimum absolute atomic E-state index is 0.157. The topological polar surface area (TPSA) is 60.9 Å². The molecule has 14 heavy (non-hydrogen) atoms. The van der Waals surface area contributed by atoms with Crippen LogP contribution in [0.25, 0.3) is 0 Å². The van der Waals surface area contributed by atoms with Gasteiger partial charge in [-0.05, 0) is 5.92 Å². The van der Waals surface area contributed by atoms with Crippen LogP contribution in [0.2, 0.25) is 0 Å². The Morgan fingerprint density at radius 1 is 1.64 bits per heavy atom. The number of imidazole rings is 1. The fraction of sp³-hybridized carbons (Fsp3) is 0.700. The molecule has 2 unspecified atom stereocenters. The highest BCUT2D eigenvalue weighted by Crippen LogP contribution is 2.07. The number of H-pyrrole nitrogens is 1. The lowest BCUT2D eigenvalue weighted by atomic mass is 10.00. The number of aliphatic hydroxyl groups excluding tert-OH is 1. The van der Waals surface area contributed by atoms with E-state index < -0.39 is 0 Å². The number of aromatic amines is 1. The standard InChI is InChI=1S/C10H19N3O/c1-3-8(2)9(7-14)13-6-10-11-4-5-12-10/h4-5,8-9,13-14H,3,6-7H2,1-2H3,(H,11,12). The second-order valence-electron chi connectivity index (χ2n) is 3.59. The molecule has 0 amide bonds. The number of aromatic nitrogens is 2. The van der Waals surface area contributed by atoms with E-state index in [1.54, 1.807) is 12.4 Å². The Morgan fingerprint density at radius 3 is 2.93 bits per heavy atom. The van der Waals surface area contributed by atoms with E-state index in [0.29, 0.717) is 12.5 Å².